The Kier molecular flexibility index (Phi) is 9.01. The van der Waals surface area contributed by atoms with E-state index in [1.165, 1.54) is 0 Å². The minimum absolute atomic E-state index is 0.324. The molecule has 0 aliphatic rings. The first kappa shape index (κ1) is 15.6. The van der Waals surface area contributed by atoms with Crippen LogP contribution in [-0.2, 0) is 9.47 Å². The molecule has 0 unspecified atom stereocenters. The second-order valence-electron chi connectivity index (χ2n) is 3.58. The Bertz CT molecular complexity index is 296. The number of carbonyl (C=O) groups is 1. The monoisotopic (exact) mass is 240 g/mol. The van der Waals surface area contributed by atoms with Gasteiger partial charge in [-0.25, -0.2) is 4.79 Å². The van der Waals surface area contributed by atoms with Crippen molar-refractivity contribution in [1.82, 2.24) is 0 Å². The summed E-state index contributed by atoms with van der Waals surface area (Å²) in [6, 6.07) is 8.30. The molecule has 0 amide bonds. The van der Waals surface area contributed by atoms with Gasteiger partial charge in [-0.15, -0.1) is 0 Å². The predicted octanol–water partition coefficient (Wildman–Crippen LogP) is 2.44. The molecular formula is C13H20O4. The van der Waals surface area contributed by atoms with Crippen LogP contribution in [0.2, 0.25) is 0 Å². The molecule has 0 radical (unpaired) electrons. The molecular weight excluding hydrogens is 220 g/mol. The number of rotatable bonds is 5. The Morgan fingerprint density at radius 2 is 1.82 bits per heavy atom. The van der Waals surface area contributed by atoms with E-state index in [9.17, 15) is 4.79 Å². The van der Waals surface area contributed by atoms with E-state index in [1.54, 1.807) is 37.4 Å². The zero-order valence-electron chi connectivity index (χ0n) is 10.6. The number of carboxylic acid groups (broad SMARTS) is 1. The van der Waals surface area contributed by atoms with Gasteiger partial charge in [-0.2, -0.15) is 0 Å². The number of ether oxygens (including phenoxy) is 2. The molecule has 0 bridgehead atoms. The van der Waals surface area contributed by atoms with E-state index in [2.05, 4.69) is 0 Å². The van der Waals surface area contributed by atoms with Gasteiger partial charge < -0.3 is 14.6 Å². The quantitative estimate of drug-likeness (QED) is 0.803. The minimum Gasteiger partial charge on any atom is -0.478 e. The topological polar surface area (TPSA) is 55.8 Å². The maximum absolute atomic E-state index is 10.2. The molecule has 4 nitrogen and oxygen atoms in total. The Morgan fingerprint density at radius 1 is 1.24 bits per heavy atom. The molecule has 4 heteroatoms. The fourth-order valence-corrected chi connectivity index (χ4v) is 0.948. The van der Waals surface area contributed by atoms with Crippen LogP contribution in [0.15, 0.2) is 30.3 Å². The van der Waals surface area contributed by atoms with Crippen LogP contribution in [0.3, 0.4) is 0 Å². The fourth-order valence-electron chi connectivity index (χ4n) is 0.948. The second-order valence-corrected chi connectivity index (χ2v) is 3.58. The van der Waals surface area contributed by atoms with Crippen molar-refractivity contribution in [1.29, 1.82) is 0 Å². The predicted molar refractivity (Wildman–Crippen MR) is 66.4 cm³/mol. The van der Waals surface area contributed by atoms with E-state index < -0.39 is 5.97 Å². The van der Waals surface area contributed by atoms with E-state index in [0.29, 0.717) is 24.9 Å². The first-order valence-electron chi connectivity index (χ1n) is 5.46. The number of carboxylic acids is 1. The van der Waals surface area contributed by atoms with Crippen LogP contribution in [0.4, 0.5) is 0 Å². The molecule has 0 saturated heterocycles. The summed E-state index contributed by atoms with van der Waals surface area (Å²) in [5.41, 5.74) is 0.331. The lowest BCUT2D eigenvalue weighted by Gasteiger charge is -2.04. The molecule has 0 heterocycles. The molecule has 1 rings (SSSR count). The second kappa shape index (κ2) is 9.81. The lowest BCUT2D eigenvalue weighted by atomic mass is 10.2. The van der Waals surface area contributed by atoms with Crippen LogP contribution in [-0.4, -0.2) is 37.5 Å². The SMILES string of the molecule is COCCOC(C)C.O=C(O)c1ccccc1. The Labute approximate surface area is 102 Å². The largest absolute Gasteiger partial charge is 0.478 e. The Balaban J connectivity index is 0.000000304. The Morgan fingerprint density at radius 3 is 2.18 bits per heavy atom. The van der Waals surface area contributed by atoms with Crippen molar-refractivity contribution in [3.8, 4) is 0 Å². The van der Waals surface area contributed by atoms with Crippen LogP contribution < -0.4 is 0 Å². The number of aromatic carboxylic acids is 1. The van der Waals surface area contributed by atoms with Gasteiger partial charge in [-0.05, 0) is 26.0 Å². The number of methoxy groups -OCH3 is 1. The van der Waals surface area contributed by atoms with Crippen molar-refractivity contribution in [3.63, 3.8) is 0 Å². The number of hydrogen-bond acceptors (Lipinski definition) is 3. The summed E-state index contributed by atoms with van der Waals surface area (Å²) in [5, 5.41) is 8.38. The molecule has 0 aliphatic heterocycles. The lowest BCUT2D eigenvalue weighted by molar-refractivity contribution is 0.0351. The molecule has 17 heavy (non-hydrogen) atoms. The number of hydrogen-bond donors (Lipinski definition) is 1. The molecule has 0 aliphatic carbocycles. The van der Waals surface area contributed by atoms with Gasteiger partial charge in [0, 0.05) is 7.11 Å². The first-order valence-corrected chi connectivity index (χ1v) is 5.46. The zero-order valence-corrected chi connectivity index (χ0v) is 10.6. The molecule has 1 N–H and O–H groups in total. The van der Waals surface area contributed by atoms with Crippen molar-refractivity contribution in [2.75, 3.05) is 20.3 Å². The van der Waals surface area contributed by atoms with E-state index in [0.717, 1.165) is 0 Å². The summed E-state index contributed by atoms with van der Waals surface area (Å²) >= 11 is 0. The van der Waals surface area contributed by atoms with Crippen LogP contribution in [0.25, 0.3) is 0 Å². The fraction of sp³-hybridized carbons (Fsp3) is 0.462. The van der Waals surface area contributed by atoms with E-state index >= 15 is 0 Å². The average molecular weight is 240 g/mol. The van der Waals surface area contributed by atoms with Crippen LogP contribution >= 0.6 is 0 Å². The summed E-state index contributed by atoms with van der Waals surface area (Å²) in [7, 11) is 1.67. The maximum atomic E-state index is 10.2. The van der Waals surface area contributed by atoms with Gasteiger partial charge in [0.05, 0.1) is 24.9 Å². The van der Waals surface area contributed by atoms with Crippen molar-refractivity contribution < 1.29 is 19.4 Å². The third-order valence-corrected chi connectivity index (χ3v) is 1.76. The van der Waals surface area contributed by atoms with Crippen LogP contribution in [0, 0.1) is 0 Å². The Hall–Kier alpha value is -1.39. The summed E-state index contributed by atoms with van der Waals surface area (Å²) < 4.78 is 9.92. The van der Waals surface area contributed by atoms with Gasteiger partial charge in [0.1, 0.15) is 0 Å². The average Bonchev–Trinajstić information content (AvgIpc) is 2.31. The van der Waals surface area contributed by atoms with Gasteiger partial charge in [-0.3, -0.25) is 0 Å². The van der Waals surface area contributed by atoms with Crippen LogP contribution in [0.1, 0.15) is 24.2 Å². The van der Waals surface area contributed by atoms with Gasteiger partial charge in [0.25, 0.3) is 0 Å². The van der Waals surface area contributed by atoms with Gasteiger partial charge in [0.2, 0.25) is 0 Å². The molecule has 0 atom stereocenters. The highest BCUT2D eigenvalue weighted by molar-refractivity contribution is 5.87. The molecule has 96 valence electrons. The molecule has 0 saturated carbocycles. The van der Waals surface area contributed by atoms with E-state index in [4.69, 9.17) is 14.6 Å². The van der Waals surface area contributed by atoms with Gasteiger partial charge in [0.15, 0.2) is 0 Å². The highest BCUT2D eigenvalue weighted by Gasteiger charge is 1.96. The zero-order chi connectivity index (χ0) is 13.1. The molecule has 0 fully saturated rings. The van der Waals surface area contributed by atoms with Crippen molar-refractivity contribution in [2.24, 2.45) is 0 Å². The number of benzene rings is 1. The highest BCUT2D eigenvalue weighted by atomic mass is 16.5. The normalized spacial score (nSPS) is 9.65. The first-order chi connectivity index (χ1) is 8.07. The smallest absolute Gasteiger partial charge is 0.335 e. The molecule has 1 aromatic rings. The third kappa shape index (κ3) is 9.53. The van der Waals surface area contributed by atoms with Crippen LogP contribution in [0.5, 0.6) is 0 Å². The van der Waals surface area contributed by atoms with E-state index in [1.807, 2.05) is 13.8 Å². The molecule has 0 aromatic heterocycles. The standard InChI is InChI=1S/C7H6O2.C6H14O2/c8-7(9)6-4-2-1-3-5-6;1-6(2)8-5-4-7-3/h1-5H,(H,8,9);6H,4-5H2,1-3H3. The van der Waals surface area contributed by atoms with Gasteiger partial charge >= 0.3 is 5.97 Å². The molecule has 0 spiro atoms. The third-order valence-electron chi connectivity index (χ3n) is 1.76. The summed E-state index contributed by atoms with van der Waals surface area (Å²) in [6.45, 7) is 5.41. The van der Waals surface area contributed by atoms with E-state index in [-0.39, 0.29) is 0 Å². The van der Waals surface area contributed by atoms with Crippen molar-refractivity contribution >= 4 is 5.97 Å². The summed E-state index contributed by atoms with van der Waals surface area (Å²) in [4.78, 5) is 10.2. The maximum Gasteiger partial charge on any atom is 0.335 e. The molecule has 1 aromatic carbocycles. The lowest BCUT2D eigenvalue weighted by Crippen LogP contribution is -2.07. The highest BCUT2D eigenvalue weighted by Crippen LogP contribution is 1.96. The summed E-state index contributed by atoms with van der Waals surface area (Å²) in [6.07, 6.45) is 0.324. The summed E-state index contributed by atoms with van der Waals surface area (Å²) in [5.74, 6) is -0.879. The van der Waals surface area contributed by atoms with Gasteiger partial charge in [-0.1, -0.05) is 18.2 Å². The minimum atomic E-state index is -0.879. The van der Waals surface area contributed by atoms with Crippen molar-refractivity contribution in [2.45, 2.75) is 20.0 Å². The van der Waals surface area contributed by atoms with Crippen molar-refractivity contribution in [3.05, 3.63) is 35.9 Å².